The number of nitrogens with zero attached hydrogens (tertiary/aromatic N) is 3. The van der Waals surface area contributed by atoms with E-state index in [2.05, 4.69) is 9.97 Å². The Hall–Kier alpha value is -2.15. The van der Waals surface area contributed by atoms with E-state index in [4.69, 9.17) is 11.6 Å². The molecule has 8 heteroatoms. The molecule has 0 aliphatic rings. The van der Waals surface area contributed by atoms with Gasteiger partial charge in [0.15, 0.2) is 5.69 Å². The van der Waals surface area contributed by atoms with Crippen molar-refractivity contribution in [2.24, 2.45) is 0 Å². The van der Waals surface area contributed by atoms with Gasteiger partial charge in [0.25, 0.3) is 0 Å². The summed E-state index contributed by atoms with van der Waals surface area (Å²) < 4.78 is 27.9. The third kappa shape index (κ3) is 2.32. The van der Waals surface area contributed by atoms with Gasteiger partial charge >= 0.3 is 5.69 Å². The molecule has 0 unspecified atom stereocenters. The highest BCUT2D eigenvalue weighted by atomic mass is 35.5. The Bertz CT molecular complexity index is 722. The van der Waals surface area contributed by atoms with Crippen molar-refractivity contribution in [2.75, 3.05) is 0 Å². The number of hydrogen-bond acceptors (Lipinski definition) is 4. The van der Waals surface area contributed by atoms with E-state index in [1.807, 2.05) is 0 Å². The van der Waals surface area contributed by atoms with Crippen LogP contribution in [0.15, 0.2) is 12.1 Å². The molecule has 1 aromatic heterocycles. The second kappa shape index (κ2) is 5.09. The van der Waals surface area contributed by atoms with Crippen LogP contribution >= 0.6 is 11.6 Å². The summed E-state index contributed by atoms with van der Waals surface area (Å²) in [6, 6.07) is 2.25. The Morgan fingerprint density at radius 2 is 1.90 bits per heavy atom. The molecule has 0 amide bonds. The zero-order valence-corrected chi connectivity index (χ0v) is 11.2. The fourth-order valence-electron chi connectivity index (χ4n) is 1.80. The monoisotopic (exact) mass is 299 g/mol. The normalized spacial score (nSPS) is 10.7. The van der Waals surface area contributed by atoms with E-state index < -0.39 is 33.5 Å². The number of halogens is 3. The highest BCUT2D eigenvalue weighted by Crippen LogP contribution is 2.35. The van der Waals surface area contributed by atoms with Crippen LogP contribution in [0.1, 0.15) is 11.3 Å². The number of hydrogen-bond donors (Lipinski definition) is 0. The van der Waals surface area contributed by atoms with Crippen LogP contribution < -0.4 is 0 Å². The molecule has 0 aliphatic carbocycles. The second-order valence-corrected chi connectivity index (χ2v) is 4.42. The van der Waals surface area contributed by atoms with Crippen molar-refractivity contribution >= 4 is 17.3 Å². The minimum absolute atomic E-state index is 0.0645. The first-order valence-electron chi connectivity index (χ1n) is 5.46. The molecule has 0 saturated carbocycles. The van der Waals surface area contributed by atoms with Crippen LogP contribution in [0.2, 0.25) is 5.28 Å². The molecule has 0 bridgehead atoms. The van der Waals surface area contributed by atoms with Crippen LogP contribution in [0.4, 0.5) is 14.5 Å². The number of aryl methyl sites for hydroxylation is 2. The van der Waals surface area contributed by atoms with Gasteiger partial charge in [-0.3, -0.25) is 10.1 Å². The number of nitro groups is 1. The minimum Gasteiger partial charge on any atom is -0.258 e. The van der Waals surface area contributed by atoms with Gasteiger partial charge in [0.1, 0.15) is 17.3 Å². The third-order valence-electron chi connectivity index (χ3n) is 2.73. The van der Waals surface area contributed by atoms with Crippen molar-refractivity contribution in [1.82, 2.24) is 9.97 Å². The first-order chi connectivity index (χ1) is 9.32. The van der Waals surface area contributed by atoms with Gasteiger partial charge in [-0.15, -0.1) is 0 Å². The highest BCUT2D eigenvalue weighted by Gasteiger charge is 2.27. The largest absolute Gasteiger partial charge is 0.316 e. The Morgan fingerprint density at radius 3 is 2.50 bits per heavy atom. The summed E-state index contributed by atoms with van der Waals surface area (Å²) in [5.74, 6) is -1.87. The SMILES string of the molecule is Cc1ccc(F)c(-c2nc(Cl)nc(C)c2[N+](=O)[O-])c1F. The van der Waals surface area contributed by atoms with Crippen molar-refractivity contribution in [3.63, 3.8) is 0 Å². The van der Waals surface area contributed by atoms with Crippen molar-refractivity contribution in [1.29, 1.82) is 0 Å². The molecule has 1 heterocycles. The maximum atomic E-state index is 14.1. The van der Waals surface area contributed by atoms with Gasteiger partial charge < -0.3 is 0 Å². The summed E-state index contributed by atoms with van der Waals surface area (Å²) in [4.78, 5) is 17.5. The van der Waals surface area contributed by atoms with E-state index in [0.29, 0.717) is 0 Å². The number of rotatable bonds is 2. The molecule has 20 heavy (non-hydrogen) atoms. The van der Waals surface area contributed by atoms with Crippen LogP contribution in [-0.2, 0) is 0 Å². The first-order valence-corrected chi connectivity index (χ1v) is 5.84. The zero-order valence-electron chi connectivity index (χ0n) is 10.4. The van der Waals surface area contributed by atoms with E-state index in [1.54, 1.807) is 0 Å². The van der Waals surface area contributed by atoms with E-state index in [9.17, 15) is 18.9 Å². The van der Waals surface area contributed by atoms with Crippen LogP contribution in [-0.4, -0.2) is 14.9 Å². The van der Waals surface area contributed by atoms with Crippen molar-refractivity contribution in [2.45, 2.75) is 13.8 Å². The average Bonchev–Trinajstić information content (AvgIpc) is 2.33. The molecule has 104 valence electrons. The van der Waals surface area contributed by atoms with Gasteiger partial charge in [-0.25, -0.2) is 18.7 Å². The predicted molar refractivity (Wildman–Crippen MR) is 68.5 cm³/mol. The smallest absolute Gasteiger partial charge is 0.258 e. The molecule has 1 aromatic carbocycles. The maximum Gasteiger partial charge on any atom is 0.316 e. The maximum absolute atomic E-state index is 14.1. The summed E-state index contributed by atoms with van der Waals surface area (Å²) in [6.45, 7) is 2.74. The molecule has 0 atom stereocenters. The van der Waals surface area contributed by atoms with Crippen LogP contribution in [0.3, 0.4) is 0 Å². The predicted octanol–water partition coefficient (Wildman–Crippen LogP) is 3.60. The molecular formula is C12H8ClF2N3O2. The summed E-state index contributed by atoms with van der Waals surface area (Å²) in [5, 5.41) is 10.8. The molecule has 0 spiro atoms. The Labute approximate surface area is 117 Å². The van der Waals surface area contributed by atoms with E-state index >= 15 is 0 Å². The van der Waals surface area contributed by atoms with Crippen LogP contribution in [0.5, 0.6) is 0 Å². The average molecular weight is 300 g/mol. The summed E-state index contributed by atoms with van der Waals surface area (Å²) in [7, 11) is 0. The van der Waals surface area contributed by atoms with E-state index in [1.165, 1.54) is 19.9 Å². The summed E-state index contributed by atoms with van der Waals surface area (Å²) in [5.41, 5.74) is -1.54. The quantitative estimate of drug-likeness (QED) is 0.482. The van der Waals surface area contributed by atoms with Gasteiger partial charge in [0.05, 0.1) is 10.5 Å². The lowest BCUT2D eigenvalue weighted by atomic mass is 10.0. The summed E-state index contributed by atoms with van der Waals surface area (Å²) in [6.07, 6.45) is 0. The summed E-state index contributed by atoms with van der Waals surface area (Å²) >= 11 is 5.63. The lowest BCUT2D eigenvalue weighted by molar-refractivity contribution is -0.385. The van der Waals surface area contributed by atoms with Gasteiger partial charge in [-0.2, -0.15) is 0 Å². The second-order valence-electron chi connectivity index (χ2n) is 4.09. The van der Waals surface area contributed by atoms with Gasteiger partial charge in [-0.1, -0.05) is 6.07 Å². The fraction of sp³-hybridized carbons (Fsp3) is 0.167. The minimum atomic E-state index is -0.953. The molecule has 0 radical (unpaired) electrons. The molecule has 0 saturated heterocycles. The standard InChI is InChI=1S/C12H8ClF2N3O2/c1-5-3-4-7(14)8(9(5)15)10-11(18(19)20)6(2)16-12(13)17-10/h3-4H,1-2H3. The van der Waals surface area contributed by atoms with E-state index in [0.717, 1.165) is 6.07 Å². The molecule has 5 nitrogen and oxygen atoms in total. The van der Waals surface area contributed by atoms with E-state index in [-0.39, 0.29) is 16.5 Å². The number of aromatic nitrogens is 2. The molecule has 0 aliphatic heterocycles. The lowest BCUT2D eigenvalue weighted by Gasteiger charge is -2.08. The number of benzene rings is 1. The first kappa shape index (κ1) is 14.3. The Kier molecular flexibility index (Phi) is 3.63. The van der Waals surface area contributed by atoms with Crippen molar-refractivity contribution < 1.29 is 13.7 Å². The Balaban J connectivity index is 2.89. The van der Waals surface area contributed by atoms with Gasteiger partial charge in [0, 0.05) is 0 Å². The molecule has 0 N–H and O–H groups in total. The lowest BCUT2D eigenvalue weighted by Crippen LogP contribution is -2.04. The van der Waals surface area contributed by atoms with Gasteiger partial charge in [0.2, 0.25) is 5.28 Å². The topological polar surface area (TPSA) is 68.9 Å². The highest BCUT2D eigenvalue weighted by molar-refractivity contribution is 6.28. The molecule has 2 rings (SSSR count). The van der Waals surface area contributed by atoms with Crippen LogP contribution in [0.25, 0.3) is 11.3 Å². The molecule has 0 fully saturated rings. The van der Waals surface area contributed by atoms with Crippen molar-refractivity contribution in [3.05, 3.63) is 50.4 Å². The molecular weight excluding hydrogens is 292 g/mol. The third-order valence-corrected chi connectivity index (χ3v) is 2.90. The van der Waals surface area contributed by atoms with Gasteiger partial charge in [-0.05, 0) is 37.1 Å². The van der Waals surface area contributed by atoms with Crippen molar-refractivity contribution in [3.8, 4) is 11.3 Å². The Morgan fingerprint density at radius 1 is 1.25 bits per heavy atom. The zero-order chi connectivity index (χ0) is 15.0. The fourth-order valence-corrected chi connectivity index (χ4v) is 2.01. The molecule has 2 aromatic rings. The van der Waals surface area contributed by atoms with Crippen LogP contribution in [0, 0.1) is 35.6 Å².